The summed E-state index contributed by atoms with van der Waals surface area (Å²) in [6.07, 6.45) is 0. The summed E-state index contributed by atoms with van der Waals surface area (Å²) in [6.45, 7) is 0. The molecular formula is C16H11ClN4O3S. The summed E-state index contributed by atoms with van der Waals surface area (Å²) in [5.74, 6) is -0.488. The molecule has 0 atom stereocenters. The number of non-ortho nitro benzene ring substituents is 1. The fourth-order valence-electron chi connectivity index (χ4n) is 2.08. The van der Waals surface area contributed by atoms with Crippen molar-refractivity contribution in [2.45, 2.75) is 0 Å². The molecule has 0 aliphatic carbocycles. The molecule has 25 heavy (non-hydrogen) atoms. The van der Waals surface area contributed by atoms with Gasteiger partial charge in [-0.05, 0) is 18.2 Å². The number of nitrogens with two attached hydrogens (primary N) is 1. The Balaban J connectivity index is 1.78. The summed E-state index contributed by atoms with van der Waals surface area (Å²) in [7, 11) is 0. The Morgan fingerprint density at radius 3 is 2.60 bits per heavy atom. The predicted octanol–water partition coefficient (Wildman–Crippen LogP) is 4.21. The number of aromatic nitrogens is 1. The zero-order valence-corrected chi connectivity index (χ0v) is 14.2. The normalized spacial score (nSPS) is 10.4. The Bertz CT molecular complexity index is 956. The number of hydrogen-bond donors (Lipinski definition) is 2. The van der Waals surface area contributed by atoms with Crippen LogP contribution in [0.15, 0.2) is 47.8 Å². The molecule has 3 rings (SSSR count). The quantitative estimate of drug-likeness (QED) is 0.403. The van der Waals surface area contributed by atoms with Crippen LogP contribution in [0, 0.1) is 10.1 Å². The molecule has 0 aliphatic rings. The molecule has 1 aromatic heterocycles. The van der Waals surface area contributed by atoms with E-state index in [0.29, 0.717) is 16.5 Å². The number of nitrogens with one attached hydrogen (secondary N) is 1. The highest BCUT2D eigenvalue weighted by Crippen LogP contribution is 2.27. The molecule has 0 radical (unpaired) electrons. The van der Waals surface area contributed by atoms with Crippen molar-refractivity contribution < 1.29 is 9.72 Å². The minimum atomic E-state index is -0.576. The number of nitrogens with zero attached hydrogens (tertiary/aromatic N) is 2. The molecule has 0 saturated heterocycles. The summed E-state index contributed by atoms with van der Waals surface area (Å²) in [4.78, 5) is 26.8. The molecule has 3 aromatic rings. The first-order valence-corrected chi connectivity index (χ1v) is 8.26. The zero-order valence-electron chi connectivity index (χ0n) is 12.6. The Labute approximate surface area is 151 Å². The van der Waals surface area contributed by atoms with E-state index in [1.165, 1.54) is 23.5 Å². The van der Waals surface area contributed by atoms with Crippen LogP contribution in [0.1, 0.15) is 10.4 Å². The highest BCUT2D eigenvalue weighted by Gasteiger charge is 2.16. The van der Waals surface area contributed by atoms with Crippen LogP contribution >= 0.6 is 22.9 Å². The third kappa shape index (κ3) is 3.76. The number of thiazole rings is 1. The van der Waals surface area contributed by atoms with Crippen LogP contribution in [0.4, 0.5) is 16.5 Å². The highest BCUT2D eigenvalue weighted by atomic mass is 35.5. The molecule has 2 aromatic carbocycles. The minimum absolute atomic E-state index is 0.00186. The lowest BCUT2D eigenvalue weighted by molar-refractivity contribution is -0.384. The van der Waals surface area contributed by atoms with E-state index in [9.17, 15) is 14.9 Å². The monoisotopic (exact) mass is 374 g/mol. The number of benzene rings is 2. The molecule has 1 amide bonds. The number of hydrogen-bond acceptors (Lipinski definition) is 6. The van der Waals surface area contributed by atoms with Crippen LogP contribution < -0.4 is 11.1 Å². The van der Waals surface area contributed by atoms with Crippen LogP contribution in [0.2, 0.25) is 5.02 Å². The second-order valence-electron chi connectivity index (χ2n) is 5.04. The highest BCUT2D eigenvalue weighted by molar-refractivity contribution is 7.14. The standard InChI is InChI=1S/C16H11ClN4O3S/c17-13-7-11(21(23)24)5-6-12(13)15(22)20-16-19-14(8-25-16)9-1-3-10(18)4-2-9/h1-8H,18H2,(H,19,20,22). The molecule has 0 fully saturated rings. The first kappa shape index (κ1) is 16.9. The Morgan fingerprint density at radius 1 is 1.24 bits per heavy atom. The van der Waals surface area contributed by atoms with E-state index in [1.54, 1.807) is 17.5 Å². The second-order valence-corrected chi connectivity index (χ2v) is 6.30. The van der Waals surface area contributed by atoms with Gasteiger partial charge in [0.2, 0.25) is 0 Å². The lowest BCUT2D eigenvalue weighted by Gasteiger charge is -2.04. The summed E-state index contributed by atoms with van der Waals surface area (Å²) in [6, 6.07) is 10.9. The Hall–Kier alpha value is -2.97. The molecule has 9 heteroatoms. The largest absolute Gasteiger partial charge is 0.399 e. The van der Waals surface area contributed by atoms with Gasteiger partial charge in [-0.3, -0.25) is 20.2 Å². The fraction of sp³-hybridized carbons (Fsp3) is 0. The molecule has 0 saturated carbocycles. The maximum absolute atomic E-state index is 12.3. The minimum Gasteiger partial charge on any atom is -0.399 e. The van der Waals surface area contributed by atoms with E-state index >= 15 is 0 Å². The molecule has 7 nitrogen and oxygen atoms in total. The van der Waals surface area contributed by atoms with E-state index in [4.69, 9.17) is 17.3 Å². The first-order chi connectivity index (χ1) is 11.9. The molecule has 0 aliphatic heterocycles. The number of carbonyl (C=O) groups excluding carboxylic acids is 1. The first-order valence-electron chi connectivity index (χ1n) is 7.01. The van der Waals surface area contributed by atoms with E-state index in [-0.39, 0.29) is 16.3 Å². The smallest absolute Gasteiger partial charge is 0.270 e. The van der Waals surface area contributed by atoms with Crippen LogP contribution in [-0.2, 0) is 0 Å². The molecule has 0 spiro atoms. The topological polar surface area (TPSA) is 111 Å². The van der Waals surface area contributed by atoms with Crippen LogP contribution in [-0.4, -0.2) is 15.8 Å². The van der Waals surface area contributed by atoms with Crippen molar-refractivity contribution in [2.24, 2.45) is 0 Å². The van der Waals surface area contributed by atoms with E-state index in [0.717, 1.165) is 11.6 Å². The van der Waals surface area contributed by atoms with Crippen molar-refractivity contribution in [3.05, 3.63) is 68.5 Å². The van der Waals surface area contributed by atoms with Crippen molar-refractivity contribution >= 4 is 45.4 Å². The molecule has 1 heterocycles. The maximum atomic E-state index is 12.3. The van der Waals surface area contributed by atoms with Crippen molar-refractivity contribution in [3.63, 3.8) is 0 Å². The number of halogens is 1. The van der Waals surface area contributed by atoms with Crippen LogP contribution in [0.3, 0.4) is 0 Å². The van der Waals surface area contributed by atoms with Gasteiger partial charge >= 0.3 is 0 Å². The lowest BCUT2D eigenvalue weighted by atomic mass is 10.1. The SMILES string of the molecule is Nc1ccc(-c2csc(NC(=O)c3ccc([N+](=O)[O-])cc3Cl)n2)cc1. The number of nitro benzene ring substituents is 1. The van der Waals surface area contributed by atoms with Gasteiger partial charge in [0.1, 0.15) is 0 Å². The number of nitro groups is 1. The van der Waals surface area contributed by atoms with Gasteiger partial charge in [0.25, 0.3) is 11.6 Å². The van der Waals surface area contributed by atoms with Crippen molar-refractivity contribution in [1.29, 1.82) is 0 Å². The molecule has 0 unspecified atom stereocenters. The van der Waals surface area contributed by atoms with E-state index in [1.807, 2.05) is 12.1 Å². The van der Waals surface area contributed by atoms with Gasteiger partial charge in [-0.2, -0.15) is 0 Å². The van der Waals surface area contributed by atoms with Crippen LogP contribution in [0.25, 0.3) is 11.3 Å². The van der Waals surface area contributed by atoms with E-state index < -0.39 is 10.8 Å². The summed E-state index contributed by atoms with van der Waals surface area (Å²) >= 11 is 7.22. The van der Waals surface area contributed by atoms with E-state index in [2.05, 4.69) is 10.3 Å². The third-order valence-corrected chi connectivity index (χ3v) is 4.41. The number of anilines is 2. The van der Waals surface area contributed by atoms with Gasteiger partial charge in [0.15, 0.2) is 5.13 Å². The van der Waals surface area contributed by atoms with Crippen molar-refractivity contribution in [2.75, 3.05) is 11.1 Å². The maximum Gasteiger partial charge on any atom is 0.270 e. The summed E-state index contributed by atoms with van der Waals surface area (Å²) in [5.41, 5.74) is 7.84. The summed E-state index contributed by atoms with van der Waals surface area (Å²) < 4.78 is 0. The lowest BCUT2D eigenvalue weighted by Crippen LogP contribution is -2.12. The van der Waals surface area contributed by atoms with Crippen molar-refractivity contribution in [1.82, 2.24) is 4.98 Å². The predicted molar refractivity (Wildman–Crippen MR) is 98.0 cm³/mol. The van der Waals surface area contributed by atoms with Gasteiger partial charge in [0.05, 0.1) is 21.2 Å². The van der Waals surface area contributed by atoms with Gasteiger partial charge in [-0.25, -0.2) is 4.98 Å². The van der Waals surface area contributed by atoms with Crippen LogP contribution in [0.5, 0.6) is 0 Å². The number of rotatable bonds is 4. The van der Waals surface area contributed by atoms with Gasteiger partial charge < -0.3 is 5.73 Å². The Morgan fingerprint density at radius 2 is 1.96 bits per heavy atom. The Kier molecular flexibility index (Phi) is 4.64. The number of amides is 1. The number of carbonyl (C=O) groups is 1. The summed E-state index contributed by atoms with van der Waals surface area (Å²) in [5, 5.41) is 15.6. The fourth-order valence-corrected chi connectivity index (χ4v) is 3.06. The molecule has 0 bridgehead atoms. The van der Waals surface area contributed by atoms with Gasteiger partial charge in [-0.1, -0.05) is 23.7 Å². The third-order valence-electron chi connectivity index (χ3n) is 3.34. The molecule has 3 N–H and O–H groups in total. The molecule has 126 valence electrons. The zero-order chi connectivity index (χ0) is 18.0. The average Bonchev–Trinajstić information content (AvgIpc) is 3.03. The molecular weight excluding hydrogens is 364 g/mol. The second kappa shape index (κ2) is 6.88. The average molecular weight is 375 g/mol. The van der Waals surface area contributed by atoms with Gasteiger partial charge in [0, 0.05) is 28.8 Å². The van der Waals surface area contributed by atoms with Gasteiger partial charge in [-0.15, -0.1) is 11.3 Å². The van der Waals surface area contributed by atoms with Crippen molar-refractivity contribution in [3.8, 4) is 11.3 Å². The number of nitrogen functional groups attached to an aromatic ring is 1.